The highest BCUT2D eigenvalue weighted by Gasteiger charge is 2.25. The number of hydrogen-bond donors (Lipinski definition) is 4. The molecule has 4 heteroatoms. The van der Waals surface area contributed by atoms with Gasteiger partial charge in [0.25, 0.3) is 0 Å². The summed E-state index contributed by atoms with van der Waals surface area (Å²) in [6, 6.07) is 0. The van der Waals surface area contributed by atoms with Gasteiger partial charge < -0.3 is 20.8 Å². The van der Waals surface area contributed by atoms with Crippen molar-refractivity contribution in [3.8, 4) is 0 Å². The van der Waals surface area contributed by atoms with Gasteiger partial charge in [-0.05, 0) is 27.2 Å². The van der Waals surface area contributed by atoms with Crippen molar-refractivity contribution in [1.29, 1.82) is 0 Å². The summed E-state index contributed by atoms with van der Waals surface area (Å²) < 4.78 is 0. The second-order valence-corrected chi connectivity index (χ2v) is 5.05. The van der Waals surface area contributed by atoms with Crippen LogP contribution in [0.25, 0.3) is 0 Å². The van der Waals surface area contributed by atoms with Crippen LogP contribution in [0.1, 0.15) is 34.1 Å². The van der Waals surface area contributed by atoms with Crippen LogP contribution in [-0.4, -0.2) is 47.6 Å². The highest BCUT2D eigenvalue weighted by Crippen LogP contribution is 2.07. The van der Waals surface area contributed by atoms with Crippen LogP contribution in [0, 0.1) is 0 Å². The highest BCUT2D eigenvalue weighted by molar-refractivity contribution is 4.85. The van der Waals surface area contributed by atoms with Crippen LogP contribution in [0.2, 0.25) is 0 Å². The molecule has 0 spiro atoms. The number of nitrogens with one attached hydrogen (secondary N) is 2. The molecule has 0 atom stereocenters. The molecular formula is C11H26N2O2. The van der Waals surface area contributed by atoms with Crippen LogP contribution in [0.15, 0.2) is 0 Å². The lowest BCUT2D eigenvalue weighted by molar-refractivity contribution is 0.0878. The maximum Gasteiger partial charge on any atom is 0.0645 e. The van der Waals surface area contributed by atoms with Gasteiger partial charge in [-0.25, -0.2) is 0 Å². The maximum atomic E-state index is 9.19. The Morgan fingerprint density at radius 1 is 0.933 bits per heavy atom. The Bertz CT molecular complexity index is 154. The molecule has 0 aromatic rings. The van der Waals surface area contributed by atoms with Gasteiger partial charge in [0.15, 0.2) is 0 Å². The molecule has 0 saturated carbocycles. The molecule has 0 fully saturated rings. The lowest BCUT2D eigenvalue weighted by atomic mass is 9.98. The van der Waals surface area contributed by atoms with Gasteiger partial charge in [-0.3, -0.25) is 0 Å². The zero-order chi connectivity index (χ0) is 11.9. The van der Waals surface area contributed by atoms with Gasteiger partial charge in [-0.2, -0.15) is 0 Å². The normalized spacial score (nSPS) is 13.2. The number of aliphatic hydroxyl groups is 2. The van der Waals surface area contributed by atoms with Crippen molar-refractivity contribution in [2.75, 3.05) is 26.3 Å². The molecule has 4 N–H and O–H groups in total. The summed E-state index contributed by atoms with van der Waals surface area (Å²) in [5, 5.41) is 24.9. The first-order valence-electron chi connectivity index (χ1n) is 5.61. The van der Waals surface area contributed by atoms with Crippen LogP contribution < -0.4 is 10.6 Å². The van der Waals surface area contributed by atoms with Crippen molar-refractivity contribution in [2.45, 2.75) is 45.2 Å². The molecule has 0 aromatic carbocycles. The topological polar surface area (TPSA) is 64.5 Å². The van der Waals surface area contributed by atoms with Crippen LogP contribution in [0.5, 0.6) is 0 Å². The van der Waals surface area contributed by atoms with E-state index in [1.54, 1.807) is 0 Å². The summed E-state index contributed by atoms with van der Waals surface area (Å²) in [4.78, 5) is 0. The van der Waals surface area contributed by atoms with Crippen LogP contribution >= 0.6 is 0 Å². The molecule has 0 rings (SSSR count). The van der Waals surface area contributed by atoms with E-state index in [0.29, 0.717) is 0 Å². The molecule has 4 nitrogen and oxygen atoms in total. The summed E-state index contributed by atoms with van der Waals surface area (Å²) in [6.45, 7) is 9.79. The Morgan fingerprint density at radius 3 is 1.73 bits per heavy atom. The summed E-state index contributed by atoms with van der Waals surface area (Å²) in [5.74, 6) is 0. The smallest absolute Gasteiger partial charge is 0.0645 e. The molecule has 0 aliphatic carbocycles. The fourth-order valence-electron chi connectivity index (χ4n) is 1.28. The van der Waals surface area contributed by atoms with E-state index in [0.717, 1.165) is 19.5 Å². The number of rotatable bonds is 7. The van der Waals surface area contributed by atoms with Crippen LogP contribution in [-0.2, 0) is 0 Å². The molecule has 0 bridgehead atoms. The van der Waals surface area contributed by atoms with E-state index in [1.165, 1.54) is 0 Å². The van der Waals surface area contributed by atoms with E-state index in [2.05, 4.69) is 31.4 Å². The number of aliphatic hydroxyl groups excluding tert-OH is 2. The monoisotopic (exact) mass is 218 g/mol. The first-order chi connectivity index (χ1) is 6.89. The first kappa shape index (κ1) is 14.8. The maximum absolute atomic E-state index is 9.19. The average Bonchev–Trinajstić information content (AvgIpc) is 2.18. The van der Waals surface area contributed by atoms with Crippen LogP contribution in [0.4, 0.5) is 0 Å². The largest absolute Gasteiger partial charge is 0.394 e. The third-order valence-corrected chi connectivity index (χ3v) is 2.56. The summed E-state index contributed by atoms with van der Waals surface area (Å²) in [5.41, 5.74) is -0.422. The Morgan fingerprint density at radius 2 is 1.40 bits per heavy atom. The van der Waals surface area contributed by atoms with Gasteiger partial charge in [0.1, 0.15) is 0 Å². The molecule has 92 valence electrons. The summed E-state index contributed by atoms with van der Waals surface area (Å²) in [6.07, 6.45) is 0.718. The van der Waals surface area contributed by atoms with Gasteiger partial charge in [0, 0.05) is 18.6 Å². The average molecular weight is 218 g/mol. The fraction of sp³-hybridized carbons (Fsp3) is 1.00. The quantitative estimate of drug-likeness (QED) is 0.458. The molecule has 0 amide bonds. The van der Waals surface area contributed by atoms with E-state index >= 15 is 0 Å². The molecular weight excluding hydrogens is 192 g/mol. The van der Waals surface area contributed by atoms with Gasteiger partial charge >= 0.3 is 0 Å². The molecule has 0 heterocycles. The van der Waals surface area contributed by atoms with Crippen LogP contribution in [0.3, 0.4) is 0 Å². The molecule has 0 unspecified atom stereocenters. The zero-order valence-electron chi connectivity index (χ0n) is 10.4. The lowest BCUT2D eigenvalue weighted by Gasteiger charge is -2.30. The van der Waals surface area contributed by atoms with Crippen molar-refractivity contribution in [3.63, 3.8) is 0 Å². The van der Waals surface area contributed by atoms with Gasteiger partial charge in [0.2, 0.25) is 0 Å². The van der Waals surface area contributed by atoms with Crippen molar-refractivity contribution >= 4 is 0 Å². The Labute approximate surface area is 93.1 Å². The SMILES string of the molecule is CCC(CO)(CO)NCCNC(C)(C)C. The minimum absolute atomic E-state index is 0.0322. The van der Waals surface area contributed by atoms with Gasteiger partial charge in [-0.15, -0.1) is 0 Å². The van der Waals surface area contributed by atoms with E-state index in [1.807, 2.05) is 6.92 Å². The summed E-state index contributed by atoms with van der Waals surface area (Å²) >= 11 is 0. The van der Waals surface area contributed by atoms with E-state index < -0.39 is 5.54 Å². The molecule has 0 aliphatic rings. The zero-order valence-corrected chi connectivity index (χ0v) is 10.4. The molecule has 0 radical (unpaired) electrons. The Balaban J connectivity index is 3.82. The van der Waals surface area contributed by atoms with Crippen molar-refractivity contribution in [1.82, 2.24) is 10.6 Å². The lowest BCUT2D eigenvalue weighted by Crippen LogP contribution is -2.53. The Kier molecular flexibility index (Phi) is 6.36. The summed E-state index contributed by atoms with van der Waals surface area (Å²) in [7, 11) is 0. The van der Waals surface area contributed by atoms with Crippen molar-refractivity contribution in [3.05, 3.63) is 0 Å². The van der Waals surface area contributed by atoms with Crippen molar-refractivity contribution in [2.24, 2.45) is 0 Å². The minimum Gasteiger partial charge on any atom is -0.394 e. The fourth-order valence-corrected chi connectivity index (χ4v) is 1.28. The van der Waals surface area contributed by atoms with E-state index in [9.17, 15) is 10.2 Å². The number of hydrogen-bond acceptors (Lipinski definition) is 4. The van der Waals surface area contributed by atoms with Gasteiger partial charge in [0.05, 0.1) is 18.8 Å². The van der Waals surface area contributed by atoms with Crippen molar-refractivity contribution < 1.29 is 10.2 Å². The standard InChI is InChI=1S/C11H26N2O2/c1-5-11(8-14,9-15)13-7-6-12-10(2,3)4/h12-15H,5-9H2,1-4H3. The molecule has 0 aliphatic heterocycles. The van der Waals surface area contributed by atoms with Gasteiger partial charge in [-0.1, -0.05) is 6.92 Å². The molecule has 0 aromatic heterocycles. The second-order valence-electron chi connectivity index (χ2n) is 5.05. The third-order valence-electron chi connectivity index (χ3n) is 2.56. The minimum atomic E-state index is -0.528. The highest BCUT2D eigenvalue weighted by atomic mass is 16.3. The predicted molar refractivity (Wildman–Crippen MR) is 63.0 cm³/mol. The first-order valence-corrected chi connectivity index (χ1v) is 5.61. The molecule has 15 heavy (non-hydrogen) atoms. The second kappa shape index (κ2) is 6.43. The predicted octanol–water partition coefficient (Wildman–Crippen LogP) is 0.0975. The Hall–Kier alpha value is -0.160. The van der Waals surface area contributed by atoms with E-state index in [-0.39, 0.29) is 18.8 Å². The molecule has 0 saturated heterocycles. The third kappa shape index (κ3) is 6.10. The van der Waals surface area contributed by atoms with E-state index in [4.69, 9.17) is 0 Å².